The first kappa shape index (κ1) is 19.7. The first-order valence-corrected chi connectivity index (χ1v) is 11.5. The lowest BCUT2D eigenvalue weighted by Gasteiger charge is -2.26. The van der Waals surface area contributed by atoms with Gasteiger partial charge in [-0.3, -0.25) is 15.1 Å². The van der Waals surface area contributed by atoms with Crippen LogP contribution in [0.2, 0.25) is 0 Å². The Kier molecular flexibility index (Phi) is 5.36. The fourth-order valence-corrected chi connectivity index (χ4v) is 4.98. The minimum absolute atomic E-state index is 0.102. The third-order valence-electron chi connectivity index (χ3n) is 4.80. The van der Waals surface area contributed by atoms with E-state index in [-0.39, 0.29) is 11.4 Å². The highest BCUT2D eigenvalue weighted by Gasteiger charge is 2.36. The summed E-state index contributed by atoms with van der Waals surface area (Å²) in [6.07, 6.45) is 1.60. The van der Waals surface area contributed by atoms with Crippen LogP contribution in [0.5, 0.6) is 0 Å². The molecule has 152 valence electrons. The molecule has 2 aliphatic heterocycles. The number of fused-ring (bicyclic) bond motifs is 1. The summed E-state index contributed by atoms with van der Waals surface area (Å²) < 4.78 is 5.88. The fraction of sp³-hybridized carbons (Fsp3) is 0.0417. The second-order valence-electron chi connectivity index (χ2n) is 6.86. The van der Waals surface area contributed by atoms with Crippen LogP contribution in [0.15, 0.2) is 98.3 Å². The Balaban J connectivity index is 1.37. The Morgan fingerprint density at radius 1 is 1.03 bits per heavy atom. The maximum absolute atomic E-state index is 12.6. The lowest BCUT2D eigenvalue weighted by atomic mass is 10.1. The standard InChI is InChI=1S/C24H17N3O2S2/c25-22-19(13-18-11-12-21(29-18)30-14-16-7-3-1-4-8-16)23(28)26-24-27(22)20(15-31-24)17-9-5-2-6-10-17/h1-13,15,25H,14H2/b19-13-,25-22?. The van der Waals surface area contributed by atoms with Crippen molar-refractivity contribution in [3.05, 3.63) is 101 Å². The molecule has 0 spiro atoms. The number of thioether (sulfide) groups is 2. The highest BCUT2D eigenvalue weighted by Crippen LogP contribution is 2.37. The van der Waals surface area contributed by atoms with E-state index in [1.165, 1.54) is 17.3 Å². The molecule has 1 N–H and O–H groups in total. The van der Waals surface area contributed by atoms with E-state index < -0.39 is 5.91 Å². The molecule has 0 aliphatic carbocycles. The zero-order valence-corrected chi connectivity index (χ0v) is 18.0. The number of carbonyl (C=O) groups excluding carboxylic acids is 1. The van der Waals surface area contributed by atoms with Crippen molar-refractivity contribution in [1.29, 1.82) is 5.41 Å². The van der Waals surface area contributed by atoms with Gasteiger partial charge < -0.3 is 4.42 Å². The van der Waals surface area contributed by atoms with E-state index >= 15 is 0 Å². The van der Waals surface area contributed by atoms with Crippen molar-refractivity contribution < 1.29 is 9.21 Å². The van der Waals surface area contributed by atoms with Gasteiger partial charge in [0.15, 0.2) is 10.3 Å². The third kappa shape index (κ3) is 4.02. The van der Waals surface area contributed by atoms with Gasteiger partial charge in [-0.15, -0.1) is 0 Å². The molecule has 0 bridgehead atoms. The largest absolute Gasteiger partial charge is 0.450 e. The fourth-order valence-electron chi connectivity index (χ4n) is 3.27. The summed E-state index contributed by atoms with van der Waals surface area (Å²) in [5.74, 6) is 0.994. The number of hydrogen-bond acceptors (Lipinski definition) is 5. The van der Waals surface area contributed by atoms with Crippen LogP contribution in [0.25, 0.3) is 11.8 Å². The van der Waals surface area contributed by atoms with Crippen LogP contribution in [0.1, 0.15) is 16.9 Å². The molecule has 2 aliphatic rings. The second kappa shape index (κ2) is 8.45. The number of furan rings is 1. The molecular weight excluding hydrogens is 426 g/mol. The van der Waals surface area contributed by atoms with Gasteiger partial charge in [0, 0.05) is 11.2 Å². The lowest BCUT2D eigenvalue weighted by Crippen LogP contribution is -2.37. The Morgan fingerprint density at radius 3 is 2.55 bits per heavy atom. The van der Waals surface area contributed by atoms with Crippen LogP contribution in [0.4, 0.5) is 0 Å². The van der Waals surface area contributed by atoms with Gasteiger partial charge in [0.2, 0.25) is 0 Å². The molecule has 3 aromatic rings. The normalized spacial score (nSPS) is 17.0. The van der Waals surface area contributed by atoms with Gasteiger partial charge in [-0.25, -0.2) is 0 Å². The number of benzene rings is 2. The Labute approximate surface area is 188 Å². The lowest BCUT2D eigenvalue weighted by molar-refractivity contribution is -0.114. The molecule has 1 aromatic heterocycles. The molecule has 31 heavy (non-hydrogen) atoms. The van der Waals surface area contributed by atoms with Gasteiger partial charge in [0.25, 0.3) is 5.91 Å². The number of amides is 1. The number of nitrogens with one attached hydrogen (secondary N) is 1. The van der Waals surface area contributed by atoms with Crippen molar-refractivity contribution in [3.8, 4) is 0 Å². The van der Waals surface area contributed by atoms with Crippen molar-refractivity contribution in [3.63, 3.8) is 0 Å². The number of aliphatic imine (C=N–C) groups is 1. The molecule has 5 rings (SSSR count). The van der Waals surface area contributed by atoms with Crippen LogP contribution >= 0.6 is 23.5 Å². The van der Waals surface area contributed by atoms with Crippen LogP contribution in [-0.4, -0.2) is 21.8 Å². The highest BCUT2D eigenvalue weighted by molar-refractivity contribution is 8.17. The van der Waals surface area contributed by atoms with Crippen molar-refractivity contribution in [2.24, 2.45) is 4.99 Å². The summed E-state index contributed by atoms with van der Waals surface area (Å²) in [5, 5.41) is 11.9. The van der Waals surface area contributed by atoms with Crippen molar-refractivity contribution in [1.82, 2.24) is 4.90 Å². The maximum atomic E-state index is 12.6. The minimum atomic E-state index is -0.429. The number of nitrogens with zero attached hydrogens (tertiary/aromatic N) is 2. The zero-order valence-electron chi connectivity index (χ0n) is 16.3. The quantitative estimate of drug-likeness (QED) is 0.394. The molecular formula is C24H17N3O2S2. The molecule has 7 heteroatoms. The van der Waals surface area contributed by atoms with E-state index in [4.69, 9.17) is 9.83 Å². The molecule has 0 fully saturated rings. The summed E-state index contributed by atoms with van der Waals surface area (Å²) in [6.45, 7) is 0. The van der Waals surface area contributed by atoms with Gasteiger partial charge in [-0.1, -0.05) is 84.2 Å². The van der Waals surface area contributed by atoms with E-state index in [1.807, 2.05) is 66.1 Å². The van der Waals surface area contributed by atoms with E-state index in [2.05, 4.69) is 17.1 Å². The van der Waals surface area contributed by atoms with E-state index in [0.717, 1.165) is 22.1 Å². The molecule has 3 heterocycles. The second-order valence-corrected chi connectivity index (χ2v) is 8.68. The average molecular weight is 444 g/mol. The van der Waals surface area contributed by atoms with Crippen LogP contribution in [0, 0.1) is 5.41 Å². The smallest absolute Gasteiger partial charge is 0.283 e. The van der Waals surface area contributed by atoms with Crippen molar-refractivity contribution >= 4 is 52.2 Å². The van der Waals surface area contributed by atoms with Gasteiger partial charge in [-0.2, -0.15) is 4.99 Å². The van der Waals surface area contributed by atoms with Gasteiger partial charge in [0.05, 0.1) is 11.3 Å². The molecule has 2 aromatic carbocycles. The van der Waals surface area contributed by atoms with Crippen molar-refractivity contribution in [2.75, 3.05) is 0 Å². The van der Waals surface area contributed by atoms with Crippen LogP contribution < -0.4 is 0 Å². The Hall–Kier alpha value is -3.29. The molecule has 0 atom stereocenters. The topological polar surface area (TPSA) is 69.7 Å². The molecule has 0 saturated carbocycles. The van der Waals surface area contributed by atoms with Crippen LogP contribution in [0.3, 0.4) is 0 Å². The summed E-state index contributed by atoms with van der Waals surface area (Å²) >= 11 is 2.94. The van der Waals surface area contributed by atoms with E-state index in [0.29, 0.717) is 10.9 Å². The monoisotopic (exact) mass is 443 g/mol. The number of amidine groups is 2. The van der Waals surface area contributed by atoms with Gasteiger partial charge >= 0.3 is 0 Å². The highest BCUT2D eigenvalue weighted by atomic mass is 32.2. The van der Waals surface area contributed by atoms with Crippen LogP contribution in [-0.2, 0) is 10.5 Å². The summed E-state index contributed by atoms with van der Waals surface area (Å²) in [5.41, 5.74) is 3.23. The molecule has 0 radical (unpaired) electrons. The molecule has 0 unspecified atom stereocenters. The van der Waals surface area contributed by atoms with E-state index in [9.17, 15) is 4.79 Å². The molecule has 0 saturated heterocycles. The predicted octanol–water partition coefficient (Wildman–Crippen LogP) is 5.88. The predicted molar refractivity (Wildman–Crippen MR) is 127 cm³/mol. The number of hydrogen-bond donors (Lipinski definition) is 1. The third-order valence-corrected chi connectivity index (χ3v) is 6.60. The Bertz CT molecular complexity index is 1240. The number of carbonyl (C=O) groups is 1. The summed E-state index contributed by atoms with van der Waals surface area (Å²) in [7, 11) is 0. The minimum Gasteiger partial charge on any atom is -0.450 e. The van der Waals surface area contributed by atoms with Gasteiger partial charge in [-0.05, 0) is 29.3 Å². The molecule has 1 amide bonds. The zero-order chi connectivity index (χ0) is 21.2. The molecule has 5 nitrogen and oxygen atoms in total. The van der Waals surface area contributed by atoms with Crippen molar-refractivity contribution in [2.45, 2.75) is 10.8 Å². The SMILES string of the molecule is N=C1/C(=C/c2ccc(SCc3ccccc3)o2)C(=O)N=C2SC=C(c3ccccc3)N12. The first-order valence-electron chi connectivity index (χ1n) is 9.61. The van der Waals surface area contributed by atoms with Gasteiger partial charge in [0.1, 0.15) is 11.6 Å². The summed E-state index contributed by atoms with van der Waals surface area (Å²) in [4.78, 5) is 18.5. The first-order chi connectivity index (χ1) is 15.2. The number of rotatable bonds is 5. The summed E-state index contributed by atoms with van der Waals surface area (Å²) in [6, 6.07) is 23.6. The van der Waals surface area contributed by atoms with E-state index in [1.54, 1.807) is 22.7 Å². The Morgan fingerprint density at radius 2 is 1.77 bits per heavy atom. The maximum Gasteiger partial charge on any atom is 0.283 e. The average Bonchev–Trinajstić information content (AvgIpc) is 3.43.